The van der Waals surface area contributed by atoms with Gasteiger partial charge in [-0.3, -0.25) is 9.59 Å². The van der Waals surface area contributed by atoms with Crippen molar-refractivity contribution in [2.24, 2.45) is 0 Å². The third-order valence-corrected chi connectivity index (χ3v) is 4.06. The van der Waals surface area contributed by atoms with Gasteiger partial charge in [-0.25, -0.2) is 0 Å². The van der Waals surface area contributed by atoms with Gasteiger partial charge in [0.25, 0.3) is 5.91 Å². The van der Waals surface area contributed by atoms with Crippen LogP contribution in [0.3, 0.4) is 0 Å². The average molecular weight is 430 g/mol. The van der Waals surface area contributed by atoms with Gasteiger partial charge >= 0.3 is 0 Å². The van der Waals surface area contributed by atoms with Crippen LogP contribution in [0.2, 0.25) is 5.02 Å². The topological polar surface area (TPSA) is 89.8 Å². The maximum atomic E-state index is 11.9. The molecule has 0 fully saturated rings. The molecule has 0 saturated heterocycles. The number of halogens is 2. The lowest BCUT2D eigenvalue weighted by Crippen LogP contribution is -2.36. The summed E-state index contributed by atoms with van der Waals surface area (Å²) in [5.74, 6) is 0.381. The van der Waals surface area contributed by atoms with Gasteiger partial charge in [0.15, 0.2) is 21.9 Å². The highest BCUT2D eigenvalue weighted by atomic mass is 79.9. The van der Waals surface area contributed by atoms with Crippen LogP contribution < -0.4 is 20.1 Å². The third-order valence-electron chi connectivity index (χ3n) is 3.35. The van der Waals surface area contributed by atoms with Crippen LogP contribution in [0, 0.1) is 0 Å². The summed E-state index contributed by atoms with van der Waals surface area (Å²) in [7, 11) is 0. The van der Waals surface area contributed by atoms with Crippen LogP contribution >= 0.6 is 27.5 Å². The second-order valence-corrected chi connectivity index (χ2v) is 6.35. The molecule has 1 aromatic carbocycles. The lowest BCUT2D eigenvalue weighted by atomic mass is 10.2. The normalized spacial score (nSPS) is 12.6. The van der Waals surface area contributed by atoms with E-state index in [1.807, 2.05) is 0 Å². The smallest absolute Gasteiger partial charge is 0.287 e. The molecule has 0 spiro atoms. The van der Waals surface area contributed by atoms with Gasteiger partial charge in [-0.05, 0) is 45.8 Å². The first kappa shape index (κ1) is 17.6. The van der Waals surface area contributed by atoms with E-state index in [2.05, 4.69) is 26.6 Å². The molecule has 0 aliphatic carbocycles. The molecule has 2 amide bonds. The standard InChI is InChI=1S/C16H14BrClN2O5/c17-13-2-1-11(25-13)16(22)20-8-14(21)19-7-9-5-10(18)15-12(6-9)23-3-4-24-15/h1-2,5-6H,3-4,7-8H2,(H,19,21)(H,20,22). The van der Waals surface area contributed by atoms with Gasteiger partial charge in [-0.15, -0.1) is 0 Å². The Morgan fingerprint density at radius 1 is 1.16 bits per heavy atom. The van der Waals surface area contributed by atoms with Crippen LogP contribution in [-0.4, -0.2) is 31.6 Å². The first-order chi connectivity index (χ1) is 12.0. The Morgan fingerprint density at radius 3 is 2.72 bits per heavy atom. The van der Waals surface area contributed by atoms with Gasteiger partial charge in [-0.1, -0.05) is 11.6 Å². The van der Waals surface area contributed by atoms with Crippen molar-refractivity contribution < 1.29 is 23.5 Å². The first-order valence-electron chi connectivity index (χ1n) is 7.41. The van der Waals surface area contributed by atoms with Crippen molar-refractivity contribution >= 4 is 39.3 Å². The molecule has 132 valence electrons. The molecule has 2 aromatic rings. The molecule has 0 bridgehead atoms. The van der Waals surface area contributed by atoms with Crippen molar-refractivity contribution in [3.63, 3.8) is 0 Å². The molecule has 0 radical (unpaired) electrons. The summed E-state index contributed by atoms with van der Waals surface area (Å²) in [5.41, 5.74) is 0.767. The zero-order chi connectivity index (χ0) is 17.8. The highest BCUT2D eigenvalue weighted by Crippen LogP contribution is 2.38. The minimum Gasteiger partial charge on any atom is -0.486 e. The number of nitrogens with one attached hydrogen (secondary N) is 2. The van der Waals surface area contributed by atoms with Crippen molar-refractivity contribution in [3.05, 3.63) is 45.3 Å². The second kappa shape index (κ2) is 7.79. The molecular formula is C16H14BrClN2O5. The number of furan rings is 1. The molecule has 1 aliphatic rings. The van der Waals surface area contributed by atoms with Crippen molar-refractivity contribution in [2.45, 2.75) is 6.54 Å². The zero-order valence-corrected chi connectivity index (χ0v) is 15.3. The van der Waals surface area contributed by atoms with Gasteiger partial charge in [0.2, 0.25) is 5.91 Å². The molecule has 9 heteroatoms. The summed E-state index contributed by atoms with van der Waals surface area (Å²) in [5, 5.41) is 5.60. The van der Waals surface area contributed by atoms with Crippen LogP contribution in [0.15, 0.2) is 33.4 Å². The predicted molar refractivity (Wildman–Crippen MR) is 93.0 cm³/mol. The van der Waals surface area contributed by atoms with Gasteiger partial charge < -0.3 is 24.5 Å². The fourth-order valence-electron chi connectivity index (χ4n) is 2.21. The number of rotatable bonds is 5. The van der Waals surface area contributed by atoms with Gasteiger partial charge in [0.1, 0.15) is 13.2 Å². The van der Waals surface area contributed by atoms with Crippen LogP contribution in [-0.2, 0) is 11.3 Å². The van der Waals surface area contributed by atoms with Crippen LogP contribution in [0.4, 0.5) is 0 Å². The zero-order valence-electron chi connectivity index (χ0n) is 12.9. The summed E-state index contributed by atoms with van der Waals surface area (Å²) in [6.45, 7) is 0.982. The number of ether oxygens (including phenoxy) is 2. The summed E-state index contributed by atoms with van der Waals surface area (Å²) < 4.78 is 16.5. The molecule has 2 N–H and O–H groups in total. The second-order valence-electron chi connectivity index (χ2n) is 5.16. The number of fused-ring (bicyclic) bond motifs is 1. The Balaban J connectivity index is 1.51. The molecule has 0 unspecified atom stereocenters. The van der Waals surface area contributed by atoms with E-state index >= 15 is 0 Å². The van der Waals surface area contributed by atoms with E-state index in [1.54, 1.807) is 18.2 Å². The van der Waals surface area contributed by atoms with E-state index in [9.17, 15) is 9.59 Å². The van der Waals surface area contributed by atoms with Crippen LogP contribution in [0.25, 0.3) is 0 Å². The summed E-state index contributed by atoms with van der Waals surface area (Å²) in [6, 6.07) is 6.57. The lowest BCUT2D eigenvalue weighted by molar-refractivity contribution is -0.120. The minimum absolute atomic E-state index is 0.123. The van der Waals surface area contributed by atoms with E-state index in [1.165, 1.54) is 6.07 Å². The average Bonchev–Trinajstić information content (AvgIpc) is 3.04. The fourth-order valence-corrected chi connectivity index (χ4v) is 2.81. The third kappa shape index (κ3) is 4.46. The summed E-state index contributed by atoms with van der Waals surface area (Å²) >= 11 is 9.25. The Kier molecular flexibility index (Phi) is 5.50. The number of carbonyl (C=O) groups is 2. The number of benzene rings is 1. The SMILES string of the molecule is O=C(CNC(=O)c1ccc(Br)o1)NCc1cc(Cl)c2c(c1)OCCO2. The Hall–Kier alpha value is -2.19. The first-order valence-corrected chi connectivity index (χ1v) is 8.58. The predicted octanol–water partition coefficient (Wildman–Crippen LogP) is 2.51. The quantitative estimate of drug-likeness (QED) is 0.762. The Morgan fingerprint density at radius 2 is 1.96 bits per heavy atom. The van der Waals surface area contributed by atoms with E-state index < -0.39 is 5.91 Å². The molecule has 0 atom stereocenters. The molecule has 3 rings (SSSR count). The van der Waals surface area contributed by atoms with E-state index in [-0.39, 0.29) is 24.8 Å². The van der Waals surface area contributed by atoms with Gasteiger partial charge in [0, 0.05) is 6.54 Å². The molecule has 0 saturated carbocycles. The van der Waals surface area contributed by atoms with Crippen molar-refractivity contribution in [3.8, 4) is 11.5 Å². The maximum absolute atomic E-state index is 11.9. The summed E-state index contributed by atoms with van der Waals surface area (Å²) in [4.78, 5) is 23.7. The lowest BCUT2D eigenvalue weighted by Gasteiger charge is -2.20. The monoisotopic (exact) mass is 428 g/mol. The highest BCUT2D eigenvalue weighted by Gasteiger charge is 2.17. The van der Waals surface area contributed by atoms with Crippen molar-refractivity contribution in [2.75, 3.05) is 19.8 Å². The Bertz CT molecular complexity index is 808. The van der Waals surface area contributed by atoms with E-state index in [0.717, 1.165) is 5.56 Å². The van der Waals surface area contributed by atoms with Crippen molar-refractivity contribution in [1.29, 1.82) is 0 Å². The van der Waals surface area contributed by atoms with E-state index in [0.29, 0.717) is 34.4 Å². The van der Waals surface area contributed by atoms with Gasteiger partial charge in [-0.2, -0.15) is 0 Å². The van der Waals surface area contributed by atoms with Crippen LogP contribution in [0.1, 0.15) is 16.1 Å². The molecule has 25 heavy (non-hydrogen) atoms. The van der Waals surface area contributed by atoms with Crippen LogP contribution in [0.5, 0.6) is 11.5 Å². The Labute approximate surface area is 156 Å². The largest absolute Gasteiger partial charge is 0.486 e. The van der Waals surface area contributed by atoms with E-state index in [4.69, 9.17) is 25.5 Å². The molecule has 2 heterocycles. The summed E-state index contributed by atoms with van der Waals surface area (Å²) in [6.07, 6.45) is 0. The molecule has 1 aliphatic heterocycles. The number of carbonyl (C=O) groups excluding carboxylic acids is 2. The number of amides is 2. The van der Waals surface area contributed by atoms with Crippen molar-refractivity contribution in [1.82, 2.24) is 10.6 Å². The molecule has 7 nitrogen and oxygen atoms in total. The number of hydrogen-bond acceptors (Lipinski definition) is 5. The highest BCUT2D eigenvalue weighted by molar-refractivity contribution is 9.10. The molecule has 1 aromatic heterocycles. The fraction of sp³-hybridized carbons (Fsp3) is 0.250. The minimum atomic E-state index is -0.469. The number of hydrogen-bond donors (Lipinski definition) is 2. The maximum Gasteiger partial charge on any atom is 0.287 e. The molecular weight excluding hydrogens is 416 g/mol. The van der Waals surface area contributed by atoms with Gasteiger partial charge in [0.05, 0.1) is 11.6 Å².